The van der Waals surface area contributed by atoms with E-state index in [0.29, 0.717) is 18.9 Å². The molecule has 0 amide bonds. The molecule has 0 spiro atoms. The SMILES string of the molecule is CN=C(NCCCCOc1ccc(F)cc1)NCc1ccccc1Cn1cccn1. The van der Waals surface area contributed by atoms with Crippen LogP contribution in [0.2, 0.25) is 0 Å². The Labute approximate surface area is 176 Å². The lowest BCUT2D eigenvalue weighted by Gasteiger charge is -2.14. The largest absolute Gasteiger partial charge is 0.494 e. The van der Waals surface area contributed by atoms with Crippen LogP contribution in [0.1, 0.15) is 24.0 Å². The number of aromatic nitrogens is 2. The molecule has 1 aromatic heterocycles. The van der Waals surface area contributed by atoms with Gasteiger partial charge in [-0.25, -0.2) is 4.39 Å². The van der Waals surface area contributed by atoms with Crippen molar-refractivity contribution in [2.75, 3.05) is 20.2 Å². The van der Waals surface area contributed by atoms with Crippen LogP contribution in [-0.4, -0.2) is 35.9 Å². The van der Waals surface area contributed by atoms with Crippen molar-refractivity contribution in [1.29, 1.82) is 0 Å². The van der Waals surface area contributed by atoms with Gasteiger partial charge < -0.3 is 15.4 Å². The van der Waals surface area contributed by atoms with Gasteiger partial charge in [0.15, 0.2) is 5.96 Å². The molecule has 2 N–H and O–H groups in total. The summed E-state index contributed by atoms with van der Waals surface area (Å²) in [7, 11) is 1.77. The van der Waals surface area contributed by atoms with Crippen molar-refractivity contribution in [3.05, 3.63) is 83.9 Å². The Hall–Kier alpha value is -3.35. The van der Waals surface area contributed by atoms with E-state index in [1.165, 1.54) is 23.3 Å². The van der Waals surface area contributed by atoms with E-state index in [-0.39, 0.29) is 5.82 Å². The predicted octanol–water partition coefficient (Wildman–Crippen LogP) is 3.59. The minimum atomic E-state index is -0.255. The van der Waals surface area contributed by atoms with Gasteiger partial charge in [-0.3, -0.25) is 9.67 Å². The molecule has 158 valence electrons. The van der Waals surface area contributed by atoms with E-state index in [1.807, 2.05) is 29.1 Å². The lowest BCUT2D eigenvalue weighted by molar-refractivity contribution is 0.306. The third-order valence-corrected chi connectivity index (χ3v) is 4.63. The fraction of sp³-hybridized carbons (Fsp3) is 0.304. The van der Waals surface area contributed by atoms with Crippen LogP contribution in [0.15, 0.2) is 72.0 Å². The van der Waals surface area contributed by atoms with Crippen molar-refractivity contribution in [3.63, 3.8) is 0 Å². The molecule has 2 aromatic carbocycles. The monoisotopic (exact) mass is 409 g/mol. The van der Waals surface area contributed by atoms with E-state index >= 15 is 0 Å². The highest BCUT2D eigenvalue weighted by Gasteiger charge is 2.04. The summed E-state index contributed by atoms with van der Waals surface area (Å²) in [5.74, 6) is 1.20. The maximum atomic E-state index is 12.9. The fourth-order valence-corrected chi connectivity index (χ4v) is 3.01. The van der Waals surface area contributed by atoms with Crippen molar-refractivity contribution in [2.45, 2.75) is 25.9 Å². The molecule has 0 saturated carbocycles. The maximum Gasteiger partial charge on any atom is 0.191 e. The van der Waals surface area contributed by atoms with Crippen LogP contribution in [0.3, 0.4) is 0 Å². The Balaban J connectivity index is 1.36. The number of hydrogen-bond donors (Lipinski definition) is 2. The zero-order valence-corrected chi connectivity index (χ0v) is 17.2. The van der Waals surface area contributed by atoms with Crippen LogP contribution in [0.5, 0.6) is 5.75 Å². The van der Waals surface area contributed by atoms with Gasteiger partial charge in [0.1, 0.15) is 11.6 Å². The fourth-order valence-electron chi connectivity index (χ4n) is 3.01. The first-order valence-corrected chi connectivity index (χ1v) is 10.1. The van der Waals surface area contributed by atoms with Crippen molar-refractivity contribution in [3.8, 4) is 5.75 Å². The number of ether oxygens (including phenoxy) is 1. The van der Waals surface area contributed by atoms with Crippen molar-refractivity contribution < 1.29 is 9.13 Å². The molecule has 0 aliphatic carbocycles. The quantitative estimate of drug-likeness (QED) is 0.305. The number of unbranched alkanes of at least 4 members (excludes halogenated alkanes) is 1. The molecular weight excluding hydrogens is 381 g/mol. The zero-order valence-electron chi connectivity index (χ0n) is 17.2. The van der Waals surface area contributed by atoms with E-state index in [0.717, 1.165) is 31.9 Å². The molecule has 0 radical (unpaired) electrons. The van der Waals surface area contributed by atoms with Gasteiger partial charge in [0.25, 0.3) is 0 Å². The number of halogens is 1. The molecule has 0 fully saturated rings. The lowest BCUT2D eigenvalue weighted by Crippen LogP contribution is -2.37. The molecule has 0 unspecified atom stereocenters. The molecule has 7 heteroatoms. The first-order valence-electron chi connectivity index (χ1n) is 10.1. The van der Waals surface area contributed by atoms with Gasteiger partial charge in [0.05, 0.1) is 13.2 Å². The second-order valence-corrected chi connectivity index (χ2v) is 6.83. The Morgan fingerprint density at radius 2 is 1.83 bits per heavy atom. The average molecular weight is 410 g/mol. The molecule has 3 rings (SSSR count). The van der Waals surface area contributed by atoms with Gasteiger partial charge >= 0.3 is 0 Å². The summed E-state index contributed by atoms with van der Waals surface area (Å²) in [6.07, 6.45) is 5.59. The van der Waals surface area contributed by atoms with E-state index in [2.05, 4.69) is 32.9 Å². The number of benzene rings is 2. The zero-order chi connectivity index (χ0) is 21.0. The second-order valence-electron chi connectivity index (χ2n) is 6.83. The predicted molar refractivity (Wildman–Crippen MR) is 117 cm³/mol. The lowest BCUT2D eigenvalue weighted by atomic mass is 10.1. The highest BCUT2D eigenvalue weighted by atomic mass is 19.1. The maximum absolute atomic E-state index is 12.9. The molecule has 3 aromatic rings. The van der Waals surface area contributed by atoms with Crippen LogP contribution in [0, 0.1) is 5.82 Å². The molecule has 30 heavy (non-hydrogen) atoms. The van der Waals surface area contributed by atoms with Crippen LogP contribution in [-0.2, 0) is 13.1 Å². The van der Waals surface area contributed by atoms with Gasteiger partial charge in [-0.1, -0.05) is 24.3 Å². The number of rotatable bonds is 10. The first-order chi connectivity index (χ1) is 14.7. The Morgan fingerprint density at radius 3 is 2.57 bits per heavy atom. The Morgan fingerprint density at radius 1 is 1.03 bits per heavy atom. The van der Waals surface area contributed by atoms with Gasteiger partial charge in [-0.05, 0) is 54.3 Å². The summed E-state index contributed by atoms with van der Waals surface area (Å²) in [5.41, 5.74) is 2.44. The van der Waals surface area contributed by atoms with Gasteiger partial charge in [-0.15, -0.1) is 0 Å². The van der Waals surface area contributed by atoms with Gasteiger partial charge in [-0.2, -0.15) is 5.10 Å². The first kappa shape index (κ1) is 21.4. The topological polar surface area (TPSA) is 63.5 Å². The minimum absolute atomic E-state index is 0.255. The molecule has 1 heterocycles. The standard InChI is InChI=1S/C23H28FN5O/c1-25-23(26-13-4-5-16-30-22-11-9-21(24)10-12-22)27-17-19-7-2-3-8-20(19)18-29-15-6-14-28-29/h2-3,6-12,14-15H,4-5,13,16-18H2,1H3,(H2,25,26,27). The number of nitrogens with one attached hydrogen (secondary N) is 2. The van der Waals surface area contributed by atoms with Gasteiger partial charge in [0.2, 0.25) is 0 Å². The second kappa shape index (κ2) is 11.6. The summed E-state index contributed by atoms with van der Waals surface area (Å²) in [4.78, 5) is 4.29. The summed E-state index contributed by atoms with van der Waals surface area (Å²) in [5, 5.41) is 11.0. The number of hydrogen-bond acceptors (Lipinski definition) is 3. The van der Waals surface area contributed by atoms with Crippen LogP contribution in [0.4, 0.5) is 4.39 Å². The summed E-state index contributed by atoms with van der Waals surface area (Å²) < 4.78 is 20.4. The molecule has 0 atom stereocenters. The molecule has 0 bridgehead atoms. The van der Waals surface area contributed by atoms with Crippen molar-refractivity contribution in [1.82, 2.24) is 20.4 Å². The third-order valence-electron chi connectivity index (χ3n) is 4.63. The summed E-state index contributed by atoms with van der Waals surface area (Å²) in [6, 6.07) is 16.3. The van der Waals surface area contributed by atoms with E-state index < -0.39 is 0 Å². The van der Waals surface area contributed by atoms with Crippen LogP contribution >= 0.6 is 0 Å². The van der Waals surface area contributed by atoms with E-state index in [4.69, 9.17) is 4.74 Å². The minimum Gasteiger partial charge on any atom is -0.494 e. The van der Waals surface area contributed by atoms with Crippen LogP contribution in [0.25, 0.3) is 0 Å². The highest BCUT2D eigenvalue weighted by molar-refractivity contribution is 5.79. The number of aliphatic imine (C=N–C) groups is 1. The molecule has 0 aliphatic heterocycles. The number of guanidine groups is 1. The van der Waals surface area contributed by atoms with Crippen molar-refractivity contribution in [2.24, 2.45) is 4.99 Å². The molecular formula is C23H28FN5O. The van der Waals surface area contributed by atoms with E-state index in [1.54, 1.807) is 25.4 Å². The Bertz CT molecular complexity index is 910. The smallest absolute Gasteiger partial charge is 0.191 e. The molecule has 0 aliphatic rings. The van der Waals surface area contributed by atoms with E-state index in [9.17, 15) is 4.39 Å². The normalized spacial score (nSPS) is 11.3. The molecule has 6 nitrogen and oxygen atoms in total. The summed E-state index contributed by atoms with van der Waals surface area (Å²) in [6.45, 7) is 2.82. The summed E-state index contributed by atoms with van der Waals surface area (Å²) >= 11 is 0. The van der Waals surface area contributed by atoms with Crippen LogP contribution < -0.4 is 15.4 Å². The van der Waals surface area contributed by atoms with Gasteiger partial charge in [0, 0.05) is 32.5 Å². The molecule has 0 saturated heterocycles. The highest BCUT2D eigenvalue weighted by Crippen LogP contribution is 2.12. The Kier molecular flexibility index (Phi) is 8.26. The third kappa shape index (κ3) is 6.92. The number of nitrogens with zero attached hydrogens (tertiary/aromatic N) is 3. The van der Waals surface area contributed by atoms with Crippen molar-refractivity contribution >= 4 is 5.96 Å². The average Bonchev–Trinajstić information content (AvgIpc) is 3.28.